The van der Waals surface area contributed by atoms with Crippen molar-refractivity contribution in [3.63, 3.8) is 0 Å². The van der Waals surface area contributed by atoms with Gasteiger partial charge < -0.3 is 9.80 Å². The maximum absolute atomic E-state index is 14.2. The molecule has 1 fully saturated rings. The monoisotopic (exact) mass is 555 g/mol. The molecule has 3 aromatic rings. The molecule has 0 atom stereocenters. The predicted octanol–water partition coefficient (Wildman–Crippen LogP) is 6.16. The zero-order valence-corrected chi connectivity index (χ0v) is 25.2. The van der Waals surface area contributed by atoms with Crippen LogP contribution >= 0.6 is 0 Å². The summed E-state index contributed by atoms with van der Waals surface area (Å²) in [6, 6.07) is 14.4. The first kappa shape index (κ1) is 29.1. The van der Waals surface area contributed by atoms with Crippen LogP contribution in [0.25, 0.3) is 5.69 Å². The van der Waals surface area contributed by atoms with Gasteiger partial charge in [-0.3, -0.25) is 14.5 Å². The first-order chi connectivity index (χ1) is 19.8. The Morgan fingerprint density at radius 3 is 2.41 bits per heavy atom. The van der Waals surface area contributed by atoms with Crippen LogP contribution in [-0.4, -0.2) is 63.6 Å². The van der Waals surface area contributed by atoms with E-state index in [4.69, 9.17) is 0 Å². The van der Waals surface area contributed by atoms with Gasteiger partial charge in [0, 0.05) is 62.6 Å². The van der Waals surface area contributed by atoms with Crippen LogP contribution in [0.3, 0.4) is 0 Å². The van der Waals surface area contributed by atoms with Crippen molar-refractivity contribution in [2.24, 2.45) is 5.92 Å². The number of rotatable bonds is 4. The van der Waals surface area contributed by atoms with Gasteiger partial charge in [-0.15, -0.1) is 0 Å². The molecule has 0 unspecified atom stereocenters. The van der Waals surface area contributed by atoms with E-state index in [1.807, 2.05) is 47.0 Å². The Balaban J connectivity index is 1.53. The Bertz CT molecular complexity index is 1340. The van der Waals surface area contributed by atoms with Crippen molar-refractivity contribution in [1.82, 2.24) is 19.6 Å². The van der Waals surface area contributed by atoms with Crippen LogP contribution in [0.2, 0.25) is 0 Å². The Kier molecular flexibility index (Phi) is 9.23. The zero-order chi connectivity index (χ0) is 28.9. The van der Waals surface area contributed by atoms with Crippen LogP contribution in [0.15, 0.2) is 54.9 Å². The van der Waals surface area contributed by atoms with Crippen molar-refractivity contribution in [3.05, 3.63) is 77.1 Å². The fraction of sp³-hybridized carbons (Fsp3) is 0.500. The van der Waals surface area contributed by atoms with E-state index in [1.165, 1.54) is 6.42 Å². The minimum Gasteiger partial charge on any atom is -0.333 e. The minimum absolute atomic E-state index is 0.000952. The number of para-hydroxylation sites is 1. The van der Waals surface area contributed by atoms with E-state index >= 15 is 0 Å². The lowest BCUT2D eigenvalue weighted by molar-refractivity contribution is -0.123. The number of aromatic nitrogens is 2. The normalized spacial score (nSPS) is 17.8. The van der Waals surface area contributed by atoms with Gasteiger partial charge in [0.15, 0.2) is 0 Å². The van der Waals surface area contributed by atoms with Gasteiger partial charge in [-0.05, 0) is 81.8 Å². The number of fused-ring (bicyclic) bond motifs is 1. The number of hydrogen-bond donors (Lipinski definition) is 0. The summed E-state index contributed by atoms with van der Waals surface area (Å²) in [7, 11) is 0. The predicted molar refractivity (Wildman–Crippen MR) is 164 cm³/mol. The first-order valence-electron chi connectivity index (χ1n) is 15.4. The van der Waals surface area contributed by atoms with Crippen molar-refractivity contribution in [3.8, 4) is 5.69 Å². The molecular weight excluding hydrogens is 510 g/mol. The molecule has 2 aromatic carbocycles. The Morgan fingerprint density at radius 2 is 1.68 bits per heavy atom. The van der Waals surface area contributed by atoms with Crippen LogP contribution < -0.4 is 4.90 Å². The molecule has 1 aromatic heterocycles. The van der Waals surface area contributed by atoms with E-state index < -0.39 is 0 Å². The molecule has 0 N–H and O–H groups in total. The van der Waals surface area contributed by atoms with Crippen molar-refractivity contribution in [1.29, 1.82) is 0 Å². The molecule has 7 heteroatoms. The second kappa shape index (κ2) is 13.0. The summed E-state index contributed by atoms with van der Waals surface area (Å²) >= 11 is 0. The summed E-state index contributed by atoms with van der Waals surface area (Å²) < 4.78 is 1.81. The summed E-state index contributed by atoms with van der Waals surface area (Å²) in [5.74, 6) is 0.350. The lowest BCUT2D eigenvalue weighted by Crippen LogP contribution is -2.41. The smallest absolute Gasteiger partial charge is 0.254 e. The first-order valence-corrected chi connectivity index (χ1v) is 15.4. The number of benzene rings is 2. The summed E-state index contributed by atoms with van der Waals surface area (Å²) in [6.07, 6.45) is 10.0. The van der Waals surface area contributed by atoms with Gasteiger partial charge in [0.25, 0.3) is 5.91 Å². The fourth-order valence-electron chi connectivity index (χ4n) is 6.49. The van der Waals surface area contributed by atoms with Crippen LogP contribution in [0, 0.1) is 19.8 Å². The molecule has 2 amide bonds. The average Bonchev–Trinajstić information content (AvgIpc) is 3.50. The Hall–Kier alpha value is -3.45. The third-order valence-electron chi connectivity index (χ3n) is 8.88. The summed E-state index contributed by atoms with van der Waals surface area (Å²) in [6.45, 7) is 12.0. The molecule has 1 saturated carbocycles. The number of hydrogen-bond acceptors (Lipinski definition) is 4. The summed E-state index contributed by atoms with van der Waals surface area (Å²) in [5.41, 5.74) is 5.75. The molecule has 2 aliphatic rings. The average molecular weight is 556 g/mol. The van der Waals surface area contributed by atoms with E-state index in [0.717, 1.165) is 73.3 Å². The summed E-state index contributed by atoms with van der Waals surface area (Å²) in [4.78, 5) is 34.8. The van der Waals surface area contributed by atoms with Gasteiger partial charge >= 0.3 is 0 Å². The van der Waals surface area contributed by atoms with Crippen LogP contribution in [0.1, 0.15) is 79.4 Å². The van der Waals surface area contributed by atoms with E-state index in [1.54, 1.807) is 6.20 Å². The number of aryl methyl sites for hydroxylation is 2. The van der Waals surface area contributed by atoms with Crippen LogP contribution in [-0.2, 0) is 11.3 Å². The highest BCUT2D eigenvalue weighted by Gasteiger charge is 2.30. The Labute approximate surface area is 245 Å². The third-order valence-corrected chi connectivity index (χ3v) is 8.88. The van der Waals surface area contributed by atoms with Gasteiger partial charge in [0.2, 0.25) is 5.91 Å². The lowest BCUT2D eigenvalue weighted by atomic mass is 9.87. The molecule has 0 bridgehead atoms. The van der Waals surface area contributed by atoms with E-state index in [0.29, 0.717) is 31.2 Å². The Morgan fingerprint density at radius 1 is 0.878 bits per heavy atom. The fourth-order valence-corrected chi connectivity index (χ4v) is 6.49. The standard InChI is InChI=1S/C34H45N5O2/c1-25(2)36-18-10-19-38(34(41)28-12-6-5-7-13-28)32-27(4)11-8-14-30(32)24-37(22-21-36)33(40)29-16-15-26(3)31(23-29)39-20-9-17-35-39/h8-9,11,14-17,20,23,25,28H,5-7,10,12-13,18-19,21-22,24H2,1-4H3. The molecule has 5 rings (SSSR count). The number of carbonyl (C=O) groups excluding carboxylic acids is 2. The van der Waals surface area contributed by atoms with Crippen molar-refractivity contribution >= 4 is 17.5 Å². The van der Waals surface area contributed by atoms with Gasteiger partial charge in [0.05, 0.1) is 11.4 Å². The van der Waals surface area contributed by atoms with Gasteiger partial charge in [-0.2, -0.15) is 5.10 Å². The largest absolute Gasteiger partial charge is 0.333 e. The van der Waals surface area contributed by atoms with E-state index in [9.17, 15) is 9.59 Å². The third kappa shape index (κ3) is 6.56. The van der Waals surface area contributed by atoms with Gasteiger partial charge in [-0.25, -0.2) is 4.68 Å². The lowest BCUT2D eigenvalue weighted by Gasteiger charge is -2.33. The van der Waals surface area contributed by atoms with E-state index in [-0.39, 0.29) is 17.7 Å². The van der Waals surface area contributed by atoms with Crippen molar-refractivity contribution in [2.45, 2.75) is 78.8 Å². The molecule has 2 heterocycles. The second-order valence-corrected chi connectivity index (χ2v) is 12.1. The molecule has 7 nitrogen and oxygen atoms in total. The molecular formula is C34H45N5O2. The highest BCUT2D eigenvalue weighted by molar-refractivity contribution is 5.97. The molecule has 1 aliphatic carbocycles. The molecule has 0 spiro atoms. The number of anilines is 1. The van der Waals surface area contributed by atoms with Crippen molar-refractivity contribution in [2.75, 3.05) is 31.1 Å². The highest BCUT2D eigenvalue weighted by atomic mass is 16.2. The maximum atomic E-state index is 14.2. The molecule has 41 heavy (non-hydrogen) atoms. The highest BCUT2D eigenvalue weighted by Crippen LogP contribution is 2.33. The molecule has 0 radical (unpaired) electrons. The number of amides is 2. The molecule has 1 aliphatic heterocycles. The number of nitrogens with zero attached hydrogens (tertiary/aromatic N) is 5. The van der Waals surface area contributed by atoms with Crippen molar-refractivity contribution < 1.29 is 9.59 Å². The minimum atomic E-state index is -0.000952. The SMILES string of the molecule is Cc1ccc(C(=O)N2CCN(C(C)C)CCCN(C(=O)C3CCCCC3)c3c(C)cccc3C2)cc1-n1cccn1. The summed E-state index contributed by atoms with van der Waals surface area (Å²) in [5, 5.41) is 4.40. The molecule has 218 valence electrons. The van der Waals surface area contributed by atoms with Crippen LogP contribution in [0.5, 0.6) is 0 Å². The van der Waals surface area contributed by atoms with Gasteiger partial charge in [0.1, 0.15) is 0 Å². The van der Waals surface area contributed by atoms with Crippen LogP contribution in [0.4, 0.5) is 5.69 Å². The zero-order valence-electron chi connectivity index (χ0n) is 25.2. The van der Waals surface area contributed by atoms with E-state index in [2.05, 4.69) is 53.9 Å². The second-order valence-electron chi connectivity index (χ2n) is 12.1. The maximum Gasteiger partial charge on any atom is 0.254 e. The van der Waals surface area contributed by atoms with Gasteiger partial charge in [-0.1, -0.05) is 43.5 Å². The topological polar surface area (TPSA) is 61.7 Å². The molecule has 0 saturated heterocycles. The quantitative estimate of drug-likeness (QED) is 0.387. The number of carbonyl (C=O) groups is 2.